The summed E-state index contributed by atoms with van der Waals surface area (Å²) in [4.78, 5) is 7.63. The van der Waals surface area contributed by atoms with Crippen LogP contribution in [0.4, 0.5) is 5.69 Å². The second-order valence-electron chi connectivity index (χ2n) is 3.31. The lowest BCUT2D eigenvalue weighted by atomic mass is 10.4. The van der Waals surface area contributed by atoms with E-state index >= 15 is 0 Å². The van der Waals surface area contributed by atoms with Crippen LogP contribution in [0.15, 0.2) is 22.5 Å². The molecule has 2 aromatic rings. The van der Waals surface area contributed by atoms with Gasteiger partial charge in [-0.05, 0) is 19.1 Å². The van der Waals surface area contributed by atoms with Gasteiger partial charge in [-0.1, -0.05) is 34.5 Å². The molecule has 2 rings (SSSR count). The molecule has 9 heteroatoms. The molecule has 5 nitrogen and oxygen atoms in total. The van der Waals surface area contributed by atoms with Crippen LogP contribution in [-0.4, -0.2) is 18.4 Å². The van der Waals surface area contributed by atoms with E-state index in [0.29, 0.717) is 11.4 Å². The van der Waals surface area contributed by atoms with Crippen LogP contribution in [-0.2, 0) is 10.0 Å². The predicted octanol–water partition coefficient (Wildman–Crippen LogP) is 2.95. The molecule has 0 spiro atoms. The fourth-order valence-electron chi connectivity index (χ4n) is 1.27. The van der Waals surface area contributed by atoms with E-state index in [-0.39, 0.29) is 13.8 Å². The Morgan fingerprint density at radius 1 is 1.39 bits per heavy atom. The van der Waals surface area contributed by atoms with Gasteiger partial charge in [-0.15, -0.1) is 0 Å². The fraction of sp³-hybridized carbons (Fsp3) is 0.111. The summed E-state index contributed by atoms with van der Waals surface area (Å²) in [7, 11) is -3.70. The largest absolute Gasteiger partial charge is 0.279 e. The number of aromatic nitrogens is 2. The molecule has 96 valence electrons. The molecule has 2 heterocycles. The maximum atomic E-state index is 12.1. The van der Waals surface area contributed by atoms with Crippen molar-refractivity contribution in [3.05, 3.63) is 33.6 Å². The van der Waals surface area contributed by atoms with Crippen LogP contribution in [0.5, 0.6) is 0 Å². The Kier molecular flexibility index (Phi) is 3.76. The first-order valence-corrected chi connectivity index (χ1v) is 7.71. The molecule has 18 heavy (non-hydrogen) atoms. The minimum atomic E-state index is -3.70. The van der Waals surface area contributed by atoms with Crippen molar-refractivity contribution in [2.75, 3.05) is 4.72 Å². The van der Waals surface area contributed by atoms with Crippen LogP contribution in [0.25, 0.3) is 0 Å². The Morgan fingerprint density at radius 2 is 2.11 bits per heavy atom. The Hall–Kier alpha value is -0.890. The van der Waals surface area contributed by atoms with Crippen molar-refractivity contribution in [3.63, 3.8) is 0 Å². The Labute approximate surface area is 118 Å². The number of thiazole rings is 1. The molecular weight excluding hydrogens is 317 g/mol. The summed E-state index contributed by atoms with van der Waals surface area (Å²) in [6, 6.07) is 2.92. The molecule has 2 aromatic heterocycles. The maximum absolute atomic E-state index is 12.1. The van der Waals surface area contributed by atoms with Gasteiger partial charge in [0.05, 0.1) is 11.4 Å². The Balaban J connectivity index is 2.36. The van der Waals surface area contributed by atoms with Gasteiger partial charge in [0.1, 0.15) is 5.15 Å². The smallest absolute Gasteiger partial charge is 0.273 e. The van der Waals surface area contributed by atoms with Gasteiger partial charge >= 0.3 is 0 Å². The van der Waals surface area contributed by atoms with Crippen LogP contribution in [0.3, 0.4) is 0 Å². The summed E-state index contributed by atoms with van der Waals surface area (Å²) in [5.41, 5.74) is 0.691. The first kappa shape index (κ1) is 13.5. The molecule has 0 unspecified atom stereocenters. The van der Waals surface area contributed by atoms with E-state index in [9.17, 15) is 8.42 Å². The molecule has 0 saturated carbocycles. The average molecular weight is 324 g/mol. The normalized spacial score (nSPS) is 11.5. The highest BCUT2D eigenvalue weighted by molar-refractivity contribution is 7.94. The molecule has 0 aliphatic carbocycles. The van der Waals surface area contributed by atoms with Crippen LogP contribution >= 0.6 is 34.5 Å². The quantitative estimate of drug-likeness (QED) is 0.881. The molecule has 0 amide bonds. The summed E-state index contributed by atoms with van der Waals surface area (Å²) in [5.74, 6) is 0. The second kappa shape index (κ2) is 5.00. The number of sulfonamides is 1. The van der Waals surface area contributed by atoms with Crippen LogP contribution in [0.1, 0.15) is 5.69 Å². The minimum Gasteiger partial charge on any atom is -0.279 e. The zero-order chi connectivity index (χ0) is 13.3. The van der Waals surface area contributed by atoms with E-state index in [0.717, 1.165) is 11.3 Å². The van der Waals surface area contributed by atoms with Crippen molar-refractivity contribution in [3.8, 4) is 0 Å². The molecule has 1 N–H and O–H groups in total. The van der Waals surface area contributed by atoms with Crippen LogP contribution in [0.2, 0.25) is 9.62 Å². The minimum absolute atomic E-state index is 0.0837. The number of hydrogen-bond acceptors (Lipinski definition) is 5. The van der Waals surface area contributed by atoms with Crippen molar-refractivity contribution in [1.82, 2.24) is 9.97 Å². The van der Waals surface area contributed by atoms with E-state index in [1.807, 2.05) is 0 Å². The third-order valence-electron chi connectivity index (χ3n) is 1.95. The number of anilines is 1. The van der Waals surface area contributed by atoms with Crippen molar-refractivity contribution < 1.29 is 8.42 Å². The maximum Gasteiger partial charge on any atom is 0.273 e. The third kappa shape index (κ3) is 2.92. The SMILES string of the molecule is Cc1nc(Cl)sc1S(=O)(=O)Nc1ccnc(Cl)c1. The molecule has 0 atom stereocenters. The number of nitrogens with zero attached hydrogens (tertiary/aromatic N) is 2. The van der Waals surface area contributed by atoms with Gasteiger partial charge in [0.2, 0.25) is 0 Å². The Bertz CT molecular complexity index is 685. The van der Waals surface area contributed by atoms with Gasteiger partial charge in [-0.3, -0.25) is 4.72 Å². The van der Waals surface area contributed by atoms with Gasteiger partial charge in [-0.25, -0.2) is 18.4 Å². The lowest BCUT2D eigenvalue weighted by Crippen LogP contribution is -2.12. The van der Waals surface area contributed by atoms with Gasteiger partial charge in [-0.2, -0.15) is 0 Å². The number of halogens is 2. The van der Waals surface area contributed by atoms with E-state index < -0.39 is 10.0 Å². The molecule has 0 saturated heterocycles. The van der Waals surface area contributed by atoms with Crippen molar-refractivity contribution in [2.45, 2.75) is 11.1 Å². The standard InChI is InChI=1S/C9H7Cl2N3O2S2/c1-5-8(17-9(11)13-5)18(15,16)14-6-2-3-12-7(10)4-6/h2-4H,1H3,(H,12,14). The lowest BCUT2D eigenvalue weighted by molar-refractivity contribution is 0.602. The summed E-state index contributed by atoms with van der Waals surface area (Å²) in [5, 5.41) is 0.203. The van der Waals surface area contributed by atoms with Gasteiger partial charge < -0.3 is 0 Å². The van der Waals surface area contributed by atoms with E-state index in [1.54, 1.807) is 6.92 Å². The number of aryl methyl sites for hydroxylation is 1. The highest BCUT2D eigenvalue weighted by Gasteiger charge is 2.21. The molecule has 0 aliphatic heterocycles. The number of nitrogens with one attached hydrogen (secondary N) is 1. The number of hydrogen-bond donors (Lipinski definition) is 1. The first-order chi connectivity index (χ1) is 8.38. The Morgan fingerprint density at radius 3 is 2.67 bits per heavy atom. The predicted molar refractivity (Wildman–Crippen MR) is 71.9 cm³/mol. The number of rotatable bonds is 3. The van der Waals surface area contributed by atoms with Crippen LogP contribution < -0.4 is 4.72 Å². The molecule has 0 fully saturated rings. The van der Waals surface area contributed by atoms with E-state index in [1.165, 1.54) is 18.3 Å². The van der Waals surface area contributed by atoms with Crippen molar-refractivity contribution in [2.24, 2.45) is 0 Å². The monoisotopic (exact) mass is 323 g/mol. The second-order valence-corrected chi connectivity index (χ2v) is 7.16. The van der Waals surface area contributed by atoms with Gasteiger partial charge in [0.25, 0.3) is 10.0 Å². The molecule has 0 radical (unpaired) electrons. The van der Waals surface area contributed by atoms with Crippen molar-refractivity contribution in [1.29, 1.82) is 0 Å². The van der Waals surface area contributed by atoms with Gasteiger partial charge in [0.15, 0.2) is 8.68 Å². The fourth-order valence-corrected chi connectivity index (χ4v) is 4.23. The average Bonchev–Trinajstić information content (AvgIpc) is 2.58. The van der Waals surface area contributed by atoms with Gasteiger partial charge in [0, 0.05) is 6.20 Å². The molecular formula is C9H7Cl2N3O2S2. The van der Waals surface area contributed by atoms with Crippen molar-refractivity contribution >= 4 is 50.2 Å². The number of pyridine rings is 1. The van der Waals surface area contributed by atoms with E-state index in [2.05, 4.69) is 14.7 Å². The summed E-state index contributed by atoms with van der Waals surface area (Å²) in [6.45, 7) is 1.58. The summed E-state index contributed by atoms with van der Waals surface area (Å²) in [6.07, 6.45) is 1.41. The third-order valence-corrected chi connectivity index (χ3v) is 5.41. The highest BCUT2D eigenvalue weighted by Crippen LogP contribution is 2.28. The highest BCUT2D eigenvalue weighted by atomic mass is 35.5. The summed E-state index contributed by atoms with van der Waals surface area (Å²) >= 11 is 12.3. The molecule has 0 aromatic carbocycles. The summed E-state index contributed by atoms with van der Waals surface area (Å²) < 4.78 is 26.8. The molecule has 0 aliphatic rings. The van der Waals surface area contributed by atoms with Crippen LogP contribution in [0, 0.1) is 6.92 Å². The zero-order valence-electron chi connectivity index (χ0n) is 9.02. The topological polar surface area (TPSA) is 72.0 Å². The van der Waals surface area contributed by atoms with E-state index in [4.69, 9.17) is 23.2 Å². The molecule has 0 bridgehead atoms. The first-order valence-electron chi connectivity index (χ1n) is 4.66. The zero-order valence-corrected chi connectivity index (χ0v) is 12.2. The lowest BCUT2D eigenvalue weighted by Gasteiger charge is -2.06.